The third-order valence-corrected chi connectivity index (χ3v) is 6.90. The molecular weight excluding hydrogens is 616 g/mol. The van der Waals surface area contributed by atoms with E-state index in [1.165, 1.54) is 0 Å². The average Bonchev–Trinajstić information content (AvgIpc) is 3.12. The van der Waals surface area contributed by atoms with Crippen LogP contribution in [0, 0.1) is 0 Å². The molecule has 1 aliphatic rings. The lowest BCUT2D eigenvalue weighted by molar-refractivity contribution is -0.139. The second-order valence-electron chi connectivity index (χ2n) is 10.3. The summed E-state index contributed by atoms with van der Waals surface area (Å²) in [5.41, 5.74) is 2.62. The van der Waals surface area contributed by atoms with Gasteiger partial charge in [-0.25, -0.2) is 19.2 Å². The Morgan fingerprint density at radius 2 is 0.958 bits per heavy atom. The van der Waals surface area contributed by atoms with Crippen LogP contribution in [0.1, 0.15) is 46.4 Å². The van der Waals surface area contributed by atoms with Gasteiger partial charge in [0.25, 0.3) is 0 Å². The summed E-state index contributed by atoms with van der Waals surface area (Å²) in [6.07, 6.45) is 7.63. The zero-order valence-corrected chi connectivity index (χ0v) is 26.4. The van der Waals surface area contributed by atoms with E-state index in [9.17, 15) is 19.2 Å². The molecule has 0 saturated heterocycles. The van der Waals surface area contributed by atoms with Crippen molar-refractivity contribution in [3.63, 3.8) is 0 Å². The average molecular weight is 653 g/mol. The highest BCUT2D eigenvalue weighted by molar-refractivity contribution is 5.91. The molecule has 0 heterocycles. The van der Waals surface area contributed by atoms with Crippen molar-refractivity contribution in [2.24, 2.45) is 0 Å². The molecule has 0 N–H and O–H groups in total. The maximum atomic E-state index is 12.8. The number of carbonyl (C=O) groups is 4. The van der Waals surface area contributed by atoms with Crippen LogP contribution >= 0.6 is 0 Å². The summed E-state index contributed by atoms with van der Waals surface area (Å²) in [5, 5.41) is 0. The van der Waals surface area contributed by atoms with Crippen molar-refractivity contribution < 1.29 is 47.6 Å². The van der Waals surface area contributed by atoms with Crippen molar-refractivity contribution in [1.82, 2.24) is 0 Å². The number of carbonyl (C=O) groups excluding carboxylic acids is 4. The maximum absolute atomic E-state index is 12.8. The van der Waals surface area contributed by atoms with E-state index >= 15 is 0 Å². The van der Waals surface area contributed by atoms with Gasteiger partial charge in [0.2, 0.25) is 0 Å². The number of ether oxygens (including phenoxy) is 6. The van der Waals surface area contributed by atoms with Crippen LogP contribution < -0.4 is 9.47 Å². The Bertz CT molecular complexity index is 1650. The summed E-state index contributed by atoms with van der Waals surface area (Å²) in [6.45, 7) is 7.78. The molecule has 0 bridgehead atoms. The zero-order chi connectivity index (χ0) is 34.1. The van der Waals surface area contributed by atoms with Crippen molar-refractivity contribution in [1.29, 1.82) is 0 Å². The van der Waals surface area contributed by atoms with Gasteiger partial charge in [0.1, 0.15) is 36.2 Å². The number of esters is 4. The summed E-state index contributed by atoms with van der Waals surface area (Å²) in [4.78, 5) is 47.5. The van der Waals surface area contributed by atoms with Crippen LogP contribution in [0.15, 0.2) is 122 Å². The first kappa shape index (κ1) is 35.0. The van der Waals surface area contributed by atoms with Gasteiger partial charge in [-0.3, -0.25) is 0 Å². The highest BCUT2D eigenvalue weighted by Gasteiger charge is 2.17. The molecule has 1 aliphatic carbocycles. The molecule has 3 aromatic carbocycles. The first-order valence-corrected chi connectivity index (χ1v) is 15.3. The molecule has 0 saturated carbocycles. The molecule has 0 fully saturated rings. The van der Waals surface area contributed by atoms with E-state index in [1.807, 2.05) is 36.4 Å². The molecule has 48 heavy (non-hydrogen) atoms. The van der Waals surface area contributed by atoms with Crippen LogP contribution in [-0.2, 0) is 28.5 Å². The molecule has 0 atom stereocenters. The van der Waals surface area contributed by atoms with Crippen LogP contribution in [0.5, 0.6) is 11.5 Å². The molecule has 3 aromatic rings. The van der Waals surface area contributed by atoms with Gasteiger partial charge in [0, 0.05) is 25.0 Å². The van der Waals surface area contributed by atoms with Crippen LogP contribution in [0.2, 0.25) is 0 Å². The monoisotopic (exact) mass is 652 g/mol. The second kappa shape index (κ2) is 18.3. The van der Waals surface area contributed by atoms with E-state index in [0.717, 1.165) is 23.3 Å². The van der Waals surface area contributed by atoms with Gasteiger partial charge < -0.3 is 28.4 Å². The van der Waals surface area contributed by atoms with Gasteiger partial charge in [0.15, 0.2) is 0 Å². The Balaban J connectivity index is 1.19. The summed E-state index contributed by atoms with van der Waals surface area (Å²) in [6, 6.07) is 21.1. The molecule has 0 unspecified atom stereocenters. The summed E-state index contributed by atoms with van der Waals surface area (Å²) < 4.78 is 32.1. The molecule has 0 aromatic heterocycles. The predicted molar refractivity (Wildman–Crippen MR) is 177 cm³/mol. The largest absolute Gasteiger partial charge is 0.494 e. The molecular formula is C38H36O10. The van der Waals surface area contributed by atoms with E-state index in [0.29, 0.717) is 73.0 Å². The lowest BCUT2D eigenvalue weighted by atomic mass is 10.0. The van der Waals surface area contributed by atoms with Crippen molar-refractivity contribution in [3.8, 4) is 22.6 Å². The number of rotatable bonds is 17. The zero-order valence-electron chi connectivity index (χ0n) is 26.4. The third kappa shape index (κ3) is 11.2. The van der Waals surface area contributed by atoms with Gasteiger partial charge in [-0.05, 0) is 84.7 Å². The Morgan fingerprint density at radius 3 is 1.46 bits per heavy atom. The maximum Gasteiger partial charge on any atom is 0.343 e. The smallest absolute Gasteiger partial charge is 0.343 e. The van der Waals surface area contributed by atoms with Crippen molar-refractivity contribution in [2.75, 3.05) is 26.4 Å². The Kier molecular flexibility index (Phi) is 13.3. The summed E-state index contributed by atoms with van der Waals surface area (Å²) in [7, 11) is 0. The van der Waals surface area contributed by atoms with E-state index in [-0.39, 0.29) is 13.2 Å². The highest BCUT2D eigenvalue weighted by atomic mass is 16.6. The second-order valence-corrected chi connectivity index (χ2v) is 10.3. The van der Waals surface area contributed by atoms with Crippen molar-refractivity contribution in [3.05, 3.63) is 133 Å². The summed E-state index contributed by atoms with van der Waals surface area (Å²) >= 11 is 0. The van der Waals surface area contributed by atoms with Gasteiger partial charge in [-0.2, -0.15) is 0 Å². The molecule has 4 rings (SSSR count). The van der Waals surface area contributed by atoms with Gasteiger partial charge in [0.05, 0.1) is 24.3 Å². The summed E-state index contributed by atoms with van der Waals surface area (Å²) in [5.74, 6) is 0.255. The fourth-order valence-corrected chi connectivity index (χ4v) is 4.34. The molecule has 0 radical (unpaired) electrons. The number of unbranched alkanes of at least 4 members (excludes halogenated alkanes) is 1. The van der Waals surface area contributed by atoms with Crippen molar-refractivity contribution in [2.45, 2.75) is 25.7 Å². The van der Waals surface area contributed by atoms with E-state index in [2.05, 4.69) is 13.2 Å². The number of benzene rings is 3. The normalized spacial score (nSPS) is 12.0. The topological polar surface area (TPSA) is 124 Å². The van der Waals surface area contributed by atoms with Gasteiger partial charge >= 0.3 is 23.9 Å². The minimum absolute atomic E-state index is 0.126. The minimum Gasteiger partial charge on any atom is -0.494 e. The quantitative estimate of drug-likeness (QED) is 0.0657. The SMILES string of the molecule is C=CC(=O)OCCCCOc1ccc(C(=O)OC2=CC=C(OC(=O)c3ccc(-c4ccc(OCCOC(=O)C=C)cc4)cc3)CC2)cc1. The Labute approximate surface area is 278 Å². The molecule has 0 spiro atoms. The molecule has 0 aliphatic heterocycles. The lowest BCUT2D eigenvalue weighted by Crippen LogP contribution is -2.10. The van der Waals surface area contributed by atoms with Gasteiger partial charge in [-0.15, -0.1) is 0 Å². The van der Waals surface area contributed by atoms with Crippen LogP contribution in [0.3, 0.4) is 0 Å². The number of allylic oxidation sites excluding steroid dienone is 4. The van der Waals surface area contributed by atoms with Crippen molar-refractivity contribution >= 4 is 23.9 Å². The number of hydrogen-bond donors (Lipinski definition) is 0. The third-order valence-electron chi connectivity index (χ3n) is 6.90. The first-order valence-electron chi connectivity index (χ1n) is 15.3. The fourth-order valence-electron chi connectivity index (χ4n) is 4.34. The molecule has 10 heteroatoms. The standard InChI is InChI=1S/C38H36O10/c1-3-35(39)45-24-6-5-23-43-31-17-13-30(14-18-31)38(42)48-34-21-19-33(20-22-34)47-37(41)29-9-7-27(8-10-29)28-11-15-32(16-12-28)44-25-26-46-36(40)4-2/h3-4,7-19,21H,1-2,5-6,20,22-26H2. The van der Waals surface area contributed by atoms with Gasteiger partial charge in [-0.1, -0.05) is 37.4 Å². The molecule has 0 amide bonds. The Hall–Kier alpha value is -5.90. The van der Waals surface area contributed by atoms with Crippen LogP contribution in [-0.4, -0.2) is 50.3 Å². The van der Waals surface area contributed by atoms with Crippen LogP contribution in [0.4, 0.5) is 0 Å². The van der Waals surface area contributed by atoms with E-state index in [1.54, 1.807) is 48.6 Å². The predicted octanol–water partition coefficient (Wildman–Crippen LogP) is 6.93. The van der Waals surface area contributed by atoms with Crippen LogP contribution in [0.25, 0.3) is 11.1 Å². The minimum atomic E-state index is -0.500. The molecule has 10 nitrogen and oxygen atoms in total. The first-order chi connectivity index (χ1) is 23.3. The molecule has 248 valence electrons. The number of hydrogen-bond acceptors (Lipinski definition) is 10. The van der Waals surface area contributed by atoms with E-state index in [4.69, 9.17) is 28.4 Å². The van der Waals surface area contributed by atoms with E-state index < -0.39 is 23.9 Å². The Morgan fingerprint density at radius 1 is 0.542 bits per heavy atom. The lowest BCUT2D eigenvalue weighted by Gasteiger charge is -2.15. The highest BCUT2D eigenvalue weighted by Crippen LogP contribution is 2.25. The fraction of sp³-hybridized carbons (Fsp3) is 0.211.